The van der Waals surface area contributed by atoms with Gasteiger partial charge in [0, 0.05) is 5.92 Å². The first kappa shape index (κ1) is 21.1. The van der Waals surface area contributed by atoms with Gasteiger partial charge in [0.1, 0.15) is 13.5 Å². The molecule has 0 unspecified atom stereocenters. The Morgan fingerprint density at radius 3 is 2.17 bits per heavy atom. The summed E-state index contributed by atoms with van der Waals surface area (Å²) in [5.74, 6) is -0.273. The lowest BCUT2D eigenvalue weighted by atomic mass is 9.91. The van der Waals surface area contributed by atoms with Gasteiger partial charge in [-0.05, 0) is 17.0 Å². The van der Waals surface area contributed by atoms with Gasteiger partial charge in [0.15, 0.2) is 0 Å². The highest BCUT2D eigenvalue weighted by Crippen LogP contribution is 2.41. The van der Waals surface area contributed by atoms with Crippen molar-refractivity contribution in [2.75, 3.05) is 0 Å². The molecule has 3 heteroatoms. The van der Waals surface area contributed by atoms with E-state index in [1.54, 1.807) is 0 Å². The number of hydrogen-bond acceptors (Lipinski definition) is 2. The molecule has 0 spiro atoms. The predicted octanol–water partition coefficient (Wildman–Crippen LogP) is 5.92. The summed E-state index contributed by atoms with van der Waals surface area (Å²) in [6.45, 7) is 13.0. The van der Waals surface area contributed by atoms with E-state index in [-0.39, 0.29) is 11.0 Å². The highest BCUT2D eigenvalue weighted by Gasteiger charge is 2.46. The average Bonchev–Trinajstić information content (AvgIpc) is 2.53. The summed E-state index contributed by atoms with van der Waals surface area (Å²) < 4.78 is 0. The van der Waals surface area contributed by atoms with Crippen LogP contribution in [0.4, 0.5) is 0 Å². The number of aliphatic hydroxyl groups is 1. The Hall–Kier alpha value is -0.933. The quantitative estimate of drug-likeness (QED) is 0.444. The van der Waals surface area contributed by atoms with Gasteiger partial charge in [-0.3, -0.25) is 0 Å². The summed E-state index contributed by atoms with van der Waals surface area (Å²) in [5, 5.41) is 11.3. The molecule has 0 radical (unpaired) electrons. The van der Waals surface area contributed by atoms with Gasteiger partial charge in [-0.2, -0.15) is 0 Å². The fourth-order valence-electron chi connectivity index (χ4n) is 2.94. The third-order valence-electron chi connectivity index (χ3n) is 5.72. The van der Waals surface area contributed by atoms with E-state index in [9.17, 15) is 9.90 Å². The minimum Gasteiger partial charge on any atom is -0.388 e. The summed E-state index contributed by atoms with van der Waals surface area (Å²) in [7, 11) is -2.13. The van der Waals surface area contributed by atoms with Crippen molar-refractivity contribution in [1.82, 2.24) is 0 Å². The standard InChI is InChI=1S/C21H36O2Si/c1-7-8-9-13-16-18(19(22)17-14-11-10-12-15-17)20(23)24(5,6)21(2,3)4/h10-12,14-15,18-19,22H,7-9,13,16H2,1-6H3/t18-,19-/m1/s1. The van der Waals surface area contributed by atoms with Crippen LogP contribution in [0, 0.1) is 5.92 Å². The van der Waals surface area contributed by atoms with E-state index in [0.717, 1.165) is 24.8 Å². The maximum atomic E-state index is 13.4. The number of aliphatic hydroxyl groups excluding tert-OH is 1. The van der Waals surface area contributed by atoms with E-state index < -0.39 is 14.2 Å². The van der Waals surface area contributed by atoms with Gasteiger partial charge in [-0.15, -0.1) is 0 Å². The van der Waals surface area contributed by atoms with Gasteiger partial charge >= 0.3 is 0 Å². The number of unbranched alkanes of at least 4 members (excludes halogenated alkanes) is 3. The fourth-order valence-corrected chi connectivity index (χ4v) is 4.91. The van der Waals surface area contributed by atoms with Crippen molar-refractivity contribution in [3.8, 4) is 0 Å². The Kier molecular flexibility index (Phi) is 7.88. The Balaban J connectivity index is 3.02. The van der Waals surface area contributed by atoms with Crippen LogP contribution in [0.15, 0.2) is 30.3 Å². The first-order chi connectivity index (χ1) is 11.1. The highest BCUT2D eigenvalue weighted by atomic mass is 28.3. The molecule has 1 aromatic rings. The third-order valence-corrected chi connectivity index (χ3v) is 11.1. The molecule has 0 saturated carbocycles. The van der Waals surface area contributed by atoms with Crippen molar-refractivity contribution >= 4 is 13.5 Å². The molecule has 1 rings (SSSR count). The van der Waals surface area contributed by atoms with Crippen LogP contribution in [0.3, 0.4) is 0 Å². The lowest BCUT2D eigenvalue weighted by Crippen LogP contribution is -2.50. The minimum absolute atomic E-state index is 0.00214. The van der Waals surface area contributed by atoms with Crippen LogP contribution in [0.5, 0.6) is 0 Å². The molecule has 0 fully saturated rings. The molecule has 0 aliphatic heterocycles. The minimum atomic E-state index is -2.13. The van der Waals surface area contributed by atoms with Crippen molar-refractivity contribution in [3.05, 3.63) is 35.9 Å². The van der Waals surface area contributed by atoms with Gasteiger partial charge in [-0.1, -0.05) is 96.8 Å². The summed E-state index contributed by atoms with van der Waals surface area (Å²) in [5.41, 5.74) is 0.866. The number of benzene rings is 1. The Morgan fingerprint density at radius 1 is 1.08 bits per heavy atom. The van der Waals surface area contributed by atoms with Crippen LogP contribution in [0.25, 0.3) is 0 Å². The zero-order valence-electron chi connectivity index (χ0n) is 16.4. The molecule has 0 aromatic heterocycles. The SMILES string of the molecule is CCCCCC[C@@H](C(=O)[Si](C)(C)C(C)(C)C)[C@H](O)c1ccccc1. The van der Waals surface area contributed by atoms with Crippen LogP contribution < -0.4 is 0 Å². The van der Waals surface area contributed by atoms with Crippen molar-refractivity contribution in [1.29, 1.82) is 0 Å². The second-order valence-corrected chi connectivity index (χ2v) is 13.8. The second-order valence-electron chi connectivity index (χ2n) is 8.55. The molecule has 2 atom stereocenters. The molecule has 0 saturated heterocycles. The third kappa shape index (κ3) is 5.28. The van der Waals surface area contributed by atoms with E-state index in [1.807, 2.05) is 30.3 Å². The topological polar surface area (TPSA) is 37.3 Å². The number of hydrogen-bond donors (Lipinski definition) is 1. The molecule has 0 aliphatic rings. The van der Waals surface area contributed by atoms with Crippen molar-refractivity contribution in [2.45, 2.75) is 84.0 Å². The summed E-state index contributed by atoms with van der Waals surface area (Å²) >= 11 is 0. The van der Waals surface area contributed by atoms with Crippen molar-refractivity contribution < 1.29 is 9.90 Å². The molecule has 136 valence electrons. The van der Waals surface area contributed by atoms with Crippen LogP contribution in [0.2, 0.25) is 18.1 Å². The largest absolute Gasteiger partial charge is 0.388 e. The summed E-state index contributed by atoms with van der Waals surface area (Å²) in [4.78, 5) is 13.4. The van der Waals surface area contributed by atoms with Gasteiger partial charge < -0.3 is 9.90 Å². The molecule has 24 heavy (non-hydrogen) atoms. The molecule has 0 bridgehead atoms. The Labute approximate surface area is 149 Å². The normalized spacial score (nSPS) is 15.1. The first-order valence-electron chi connectivity index (χ1n) is 9.40. The van der Waals surface area contributed by atoms with Crippen LogP contribution >= 0.6 is 0 Å². The lowest BCUT2D eigenvalue weighted by Gasteiger charge is -2.39. The molecule has 2 nitrogen and oxygen atoms in total. The molecule has 0 heterocycles. The predicted molar refractivity (Wildman–Crippen MR) is 106 cm³/mol. The second kappa shape index (κ2) is 8.96. The van der Waals surface area contributed by atoms with E-state index in [0.29, 0.717) is 5.41 Å². The summed E-state index contributed by atoms with van der Waals surface area (Å²) in [6.07, 6.45) is 4.64. The highest BCUT2D eigenvalue weighted by molar-refractivity contribution is 7.06. The average molecular weight is 349 g/mol. The molecule has 0 aliphatic carbocycles. The van der Waals surface area contributed by atoms with Crippen molar-refractivity contribution in [2.24, 2.45) is 5.92 Å². The smallest absolute Gasteiger partial charge is 0.132 e. The van der Waals surface area contributed by atoms with Crippen molar-refractivity contribution in [3.63, 3.8) is 0 Å². The zero-order chi connectivity index (χ0) is 18.4. The Morgan fingerprint density at radius 2 is 1.67 bits per heavy atom. The van der Waals surface area contributed by atoms with E-state index in [4.69, 9.17) is 0 Å². The molecule has 1 aromatic carbocycles. The van der Waals surface area contributed by atoms with Crippen LogP contribution in [-0.2, 0) is 4.79 Å². The number of carbonyl (C=O) groups is 1. The maximum absolute atomic E-state index is 13.4. The van der Waals surface area contributed by atoms with E-state index >= 15 is 0 Å². The molecular weight excluding hydrogens is 312 g/mol. The van der Waals surface area contributed by atoms with E-state index in [2.05, 4.69) is 40.8 Å². The monoisotopic (exact) mass is 348 g/mol. The fraction of sp³-hybridized carbons (Fsp3) is 0.667. The molecule has 1 N–H and O–H groups in total. The van der Waals surface area contributed by atoms with Gasteiger partial charge in [0.25, 0.3) is 0 Å². The van der Waals surface area contributed by atoms with Crippen LogP contribution in [-0.4, -0.2) is 18.6 Å². The summed E-state index contributed by atoms with van der Waals surface area (Å²) in [6, 6.07) is 9.68. The zero-order valence-corrected chi connectivity index (χ0v) is 17.4. The maximum Gasteiger partial charge on any atom is 0.132 e. The van der Waals surface area contributed by atoms with Gasteiger partial charge in [0.05, 0.1) is 6.10 Å². The van der Waals surface area contributed by atoms with Crippen LogP contribution in [0.1, 0.15) is 71.5 Å². The molecule has 0 amide bonds. The first-order valence-corrected chi connectivity index (χ1v) is 12.4. The number of rotatable bonds is 9. The Bertz CT molecular complexity index is 502. The van der Waals surface area contributed by atoms with Gasteiger partial charge in [0.2, 0.25) is 0 Å². The lowest BCUT2D eigenvalue weighted by molar-refractivity contribution is -0.120. The van der Waals surface area contributed by atoms with Gasteiger partial charge in [-0.25, -0.2) is 0 Å². The van der Waals surface area contributed by atoms with E-state index in [1.165, 1.54) is 12.8 Å². The number of carbonyl (C=O) groups excluding carboxylic acids is 1. The molecular formula is C21H36O2Si.